The standard InChI is InChI=1S/C19H23N3O5/c1-12-10-21(19(24)20-18(12)23)17-9-14-15(27-17)11-26-16(22(14)25)8-7-13-5-3-2-4-6-13/h2-6,10,14-17,25H,7-9,11H2,1H3,(H,20,23,24)/t14-,15-,16?,17-/m1/s1. The highest BCUT2D eigenvalue weighted by Gasteiger charge is 2.46. The summed E-state index contributed by atoms with van der Waals surface area (Å²) in [4.78, 5) is 26.0. The number of rotatable bonds is 4. The lowest BCUT2D eigenvalue weighted by Crippen LogP contribution is -2.53. The van der Waals surface area contributed by atoms with Crippen molar-refractivity contribution in [3.63, 3.8) is 0 Å². The first-order chi connectivity index (χ1) is 13.0. The fourth-order valence-electron chi connectivity index (χ4n) is 3.76. The van der Waals surface area contributed by atoms with E-state index in [4.69, 9.17) is 9.47 Å². The van der Waals surface area contributed by atoms with E-state index in [9.17, 15) is 14.8 Å². The molecule has 1 aromatic carbocycles. The normalized spacial score (nSPS) is 28.2. The van der Waals surface area contributed by atoms with Crippen LogP contribution in [0.25, 0.3) is 0 Å². The fourth-order valence-corrected chi connectivity index (χ4v) is 3.76. The van der Waals surface area contributed by atoms with Gasteiger partial charge in [0, 0.05) is 18.2 Å². The van der Waals surface area contributed by atoms with Gasteiger partial charge < -0.3 is 14.7 Å². The third-order valence-electron chi connectivity index (χ3n) is 5.27. The number of aromatic nitrogens is 2. The molecule has 27 heavy (non-hydrogen) atoms. The number of benzene rings is 1. The van der Waals surface area contributed by atoms with Gasteiger partial charge in [-0.15, -0.1) is 0 Å². The Morgan fingerprint density at radius 1 is 1.26 bits per heavy atom. The third-order valence-corrected chi connectivity index (χ3v) is 5.27. The Bertz CT molecular complexity index is 910. The Kier molecular flexibility index (Phi) is 4.96. The van der Waals surface area contributed by atoms with Gasteiger partial charge in [0.1, 0.15) is 18.6 Å². The minimum Gasteiger partial charge on any atom is -0.358 e. The molecule has 1 aromatic heterocycles. The Balaban J connectivity index is 1.45. The van der Waals surface area contributed by atoms with E-state index < -0.39 is 23.7 Å². The number of H-pyrrole nitrogens is 1. The van der Waals surface area contributed by atoms with Gasteiger partial charge in [-0.3, -0.25) is 14.3 Å². The zero-order valence-electron chi connectivity index (χ0n) is 15.1. The summed E-state index contributed by atoms with van der Waals surface area (Å²) in [5.41, 5.74) is 0.707. The molecule has 0 amide bonds. The molecule has 0 saturated carbocycles. The van der Waals surface area contributed by atoms with Gasteiger partial charge in [0.2, 0.25) is 0 Å². The summed E-state index contributed by atoms with van der Waals surface area (Å²) in [6.07, 6.45) is 2.11. The van der Waals surface area contributed by atoms with Crippen LogP contribution in [-0.2, 0) is 15.9 Å². The maximum Gasteiger partial charge on any atom is 0.330 e. The molecule has 2 aliphatic heterocycles. The van der Waals surface area contributed by atoms with Crippen LogP contribution in [0.3, 0.4) is 0 Å². The number of nitrogens with one attached hydrogen (secondary N) is 1. The van der Waals surface area contributed by atoms with E-state index in [1.165, 1.54) is 21.4 Å². The molecule has 0 spiro atoms. The lowest BCUT2D eigenvalue weighted by atomic mass is 10.0. The molecule has 144 valence electrons. The van der Waals surface area contributed by atoms with Crippen LogP contribution in [-0.4, -0.2) is 44.8 Å². The summed E-state index contributed by atoms with van der Waals surface area (Å²) in [7, 11) is 0. The Morgan fingerprint density at radius 2 is 2.04 bits per heavy atom. The predicted molar refractivity (Wildman–Crippen MR) is 96.5 cm³/mol. The van der Waals surface area contributed by atoms with Crippen LogP contribution in [0, 0.1) is 6.92 Å². The van der Waals surface area contributed by atoms with Gasteiger partial charge in [0.05, 0.1) is 12.6 Å². The number of hydrogen-bond acceptors (Lipinski definition) is 6. The van der Waals surface area contributed by atoms with Crippen LogP contribution in [0.2, 0.25) is 0 Å². The van der Waals surface area contributed by atoms with E-state index in [0.717, 1.165) is 6.42 Å². The molecule has 3 heterocycles. The summed E-state index contributed by atoms with van der Waals surface area (Å²) in [6.45, 7) is 1.99. The molecular formula is C19H23N3O5. The molecule has 2 aliphatic rings. The molecular weight excluding hydrogens is 350 g/mol. The van der Waals surface area contributed by atoms with Gasteiger partial charge in [-0.25, -0.2) is 4.79 Å². The zero-order valence-corrected chi connectivity index (χ0v) is 15.1. The van der Waals surface area contributed by atoms with Crippen LogP contribution in [0.4, 0.5) is 0 Å². The molecule has 2 fully saturated rings. The maximum atomic E-state index is 12.1. The van der Waals surface area contributed by atoms with Crippen molar-refractivity contribution >= 4 is 0 Å². The number of ether oxygens (including phenoxy) is 2. The quantitative estimate of drug-likeness (QED) is 0.835. The van der Waals surface area contributed by atoms with Crippen molar-refractivity contribution in [2.24, 2.45) is 0 Å². The second-order valence-corrected chi connectivity index (χ2v) is 7.10. The van der Waals surface area contributed by atoms with Gasteiger partial charge >= 0.3 is 5.69 Å². The predicted octanol–water partition coefficient (Wildman–Crippen LogP) is 1.18. The summed E-state index contributed by atoms with van der Waals surface area (Å²) in [6, 6.07) is 9.79. The molecule has 0 aliphatic carbocycles. The van der Waals surface area contributed by atoms with Gasteiger partial charge in [-0.2, -0.15) is 5.06 Å². The van der Waals surface area contributed by atoms with E-state index in [1.54, 1.807) is 6.92 Å². The van der Waals surface area contributed by atoms with Crippen molar-refractivity contribution in [1.29, 1.82) is 0 Å². The van der Waals surface area contributed by atoms with Crippen LogP contribution in [0.15, 0.2) is 46.1 Å². The summed E-state index contributed by atoms with van der Waals surface area (Å²) in [5.74, 6) is 0. The number of aromatic amines is 1. The van der Waals surface area contributed by atoms with Crippen LogP contribution >= 0.6 is 0 Å². The van der Waals surface area contributed by atoms with E-state index in [-0.39, 0.29) is 12.1 Å². The Hall–Kier alpha value is -2.26. The highest BCUT2D eigenvalue weighted by Crippen LogP contribution is 2.35. The molecule has 0 radical (unpaired) electrons. The van der Waals surface area contributed by atoms with Crippen molar-refractivity contribution < 1.29 is 14.7 Å². The van der Waals surface area contributed by atoms with Crippen LogP contribution in [0.1, 0.15) is 30.2 Å². The number of aryl methyl sites for hydroxylation is 2. The lowest BCUT2D eigenvalue weighted by Gasteiger charge is -2.38. The summed E-state index contributed by atoms with van der Waals surface area (Å²) < 4.78 is 13.1. The number of nitrogens with zero attached hydrogens (tertiary/aromatic N) is 2. The molecule has 4 rings (SSSR count). The average molecular weight is 373 g/mol. The second-order valence-electron chi connectivity index (χ2n) is 7.10. The highest BCUT2D eigenvalue weighted by molar-refractivity contribution is 5.14. The topological polar surface area (TPSA) is 96.8 Å². The van der Waals surface area contributed by atoms with Gasteiger partial charge in [-0.1, -0.05) is 30.3 Å². The highest BCUT2D eigenvalue weighted by atomic mass is 16.6. The number of fused-ring (bicyclic) bond motifs is 1. The molecule has 1 unspecified atom stereocenters. The first kappa shape index (κ1) is 18.1. The van der Waals surface area contributed by atoms with Gasteiger partial charge in [0.15, 0.2) is 0 Å². The van der Waals surface area contributed by atoms with E-state index in [0.29, 0.717) is 25.0 Å². The molecule has 4 atom stereocenters. The zero-order chi connectivity index (χ0) is 19.0. The smallest absolute Gasteiger partial charge is 0.330 e. The minimum atomic E-state index is -0.547. The average Bonchev–Trinajstić information content (AvgIpc) is 3.10. The van der Waals surface area contributed by atoms with Gasteiger partial charge in [0.25, 0.3) is 5.56 Å². The molecule has 8 heteroatoms. The first-order valence-corrected chi connectivity index (χ1v) is 9.13. The van der Waals surface area contributed by atoms with E-state index in [2.05, 4.69) is 4.98 Å². The van der Waals surface area contributed by atoms with Crippen molar-refractivity contribution in [1.82, 2.24) is 14.6 Å². The molecule has 2 N–H and O–H groups in total. The third kappa shape index (κ3) is 3.61. The van der Waals surface area contributed by atoms with Crippen molar-refractivity contribution in [2.45, 2.75) is 50.8 Å². The number of hydroxylamine groups is 2. The molecule has 2 aromatic rings. The first-order valence-electron chi connectivity index (χ1n) is 9.13. The molecule has 8 nitrogen and oxygen atoms in total. The molecule has 2 saturated heterocycles. The Morgan fingerprint density at radius 3 is 2.81 bits per heavy atom. The largest absolute Gasteiger partial charge is 0.358 e. The summed E-state index contributed by atoms with van der Waals surface area (Å²) in [5, 5.41) is 11.9. The Labute approximate surface area is 155 Å². The summed E-state index contributed by atoms with van der Waals surface area (Å²) >= 11 is 0. The van der Waals surface area contributed by atoms with Crippen molar-refractivity contribution in [3.05, 3.63) is 68.5 Å². The van der Waals surface area contributed by atoms with Crippen molar-refractivity contribution in [2.75, 3.05) is 6.61 Å². The minimum absolute atomic E-state index is 0.261. The van der Waals surface area contributed by atoms with Crippen LogP contribution in [0.5, 0.6) is 0 Å². The van der Waals surface area contributed by atoms with Crippen molar-refractivity contribution in [3.8, 4) is 0 Å². The van der Waals surface area contributed by atoms with E-state index in [1.807, 2.05) is 30.3 Å². The van der Waals surface area contributed by atoms with Crippen LogP contribution < -0.4 is 11.2 Å². The second kappa shape index (κ2) is 7.40. The SMILES string of the molecule is Cc1cn([C@H]2C[C@@H]3[C@@H](COC(CCc4ccccc4)N3O)O2)c(=O)[nH]c1=O. The molecule has 0 bridgehead atoms. The fraction of sp³-hybridized carbons (Fsp3) is 0.474. The van der Waals surface area contributed by atoms with Gasteiger partial charge in [-0.05, 0) is 25.3 Å². The van der Waals surface area contributed by atoms with E-state index >= 15 is 0 Å². The lowest BCUT2D eigenvalue weighted by molar-refractivity contribution is -0.285. The monoisotopic (exact) mass is 373 g/mol. The maximum absolute atomic E-state index is 12.1. The number of hydrogen-bond donors (Lipinski definition) is 2.